The van der Waals surface area contributed by atoms with Gasteiger partial charge in [0.1, 0.15) is 11.4 Å². The van der Waals surface area contributed by atoms with E-state index in [1.54, 1.807) is 0 Å². The van der Waals surface area contributed by atoms with Crippen LogP contribution in [0.2, 0.25) is 0 Å². The maximum Gasteiger partial charge on any atom is 0.254 e. The minimum Gasteiger partial charge on any atom is -0.365 e. The molecule has 2 aromatic rings. The lowest BCUT2D eigenvalue weighted by atomic mass is 10.2. The Kier molecular flexibility index (Phi) is 4.65. The van der Waals surface area contributed by atoms with Gasteiger partial charge in [0.15, 0.2) is 0 Å². The predicted octanol–water partition coefficient (Wildman–Crippen LogP) is 1.66. The second kappa shape index (κ2) is 6.27. The first-order chi connectivity index (χ1) is 9.47. The molecule has 8 heteroatoms. The van der Waals surface area contributed by atoms with Crippen molar-refractivity contribution in [2.45, 2.75) is 5.16 Å². The van der Waals surface area contributed by atoms with Crippen LogP contribution in [0.5, 0.6) is 0 Å². The number of carbonyl (C=O) groups excluding carboxylic acids is 1. The Hall–Kier alpha value is -1.55. The average molecular weight is 402 g/mol. The summed E-state index contributed by atoms with van der Waals surface area (Å²) in [5.41, 5.74) is 6.19. The third kappa shape index (κ3) is 3.51. The first-order valence-corrected chi connectivity index (χ1v) is 8.14. The van der Waals surface area contributed by atoms with Crippen LogP contribution in [0.4, 0.5) is 11.5 Å². The Labute approximate surface area is 131 Å². The van der Waals surface area contributed by atoms with E-state index in [9.17, 15) is 9.00 Å². The maximum atomic E-state index is 11.4. The van der Waals surface area contributed by atoms with Crippen LogP contribution >= 0.6 is 22.6 Å². The van der Waals surface area contributed by atoms with E-state index in [4.69, 9.17) is 5.73 Å². The second-order valence-corrected chi connectivity index (χ2v) is 6.39. The molecule has 104 valence electrons. The van der Waals surface area contributed by atoms with Gasteiger partial charge in [-0.15, -0.1) is 0 Å². The molecule has 1 amide bonds. The second-order valence-electron chi connectivity index (χ2n) is 3.87. The topological polar surface area (TPSA) is 98.0 Å². The fourth-order valence-electron chi connectivity index (χ4n) is 1.48. The zero-order chi connectivity index (χ0) is 14.7. The van der Waals surface area contributed by atoms with Crippen LogP contribution in [0.25, 0.3) is 0 Å². The molecular weight excluding hydrogens is 391 g/mol. The summed E-state index contributed by atoms with van der Waals surface area (Å²) in [6.45, 7) is 0. The maximum absolute atomic E-state index is 11.4. The van der Waals surface area contributed by atoms with Crippen molar-refractivity contribution < 1.29 is 9.00 Å². The average Bonchev–Trinajstić information content (AvgIpc) is 2.38. The number of nitrogens with one attached hydrogen (secondary N) is 1. The van der Waals surface area contributed by atoms with Gasteiger partial charge >= 0.3 is 0 Å². The van der Waals surface area contributed by atoms with E-state index in [1.807, 2.05) is 24.3 Å². The van der Waals surface area contributed by atoms with Gasteiger partial charge in [0.2, 0.25) is 5.16 Å². The molecule has 1 atom stereocenters. The Morgan fingerprint density at radius 1 is 1.45 bits per heavy atom. The first-order valence-electron chi connectivity index (χ1n) is 5.50. The quantitative estimate of drug-likeness (QED) is 0.599. The lowest BCUT2D eigenvalue weighted by Gasteiger charge is -2.10. The third-order valence-electron chi connectivity index (χ3n) is 2.38. The van der Waals surface area contributed by atoms with E-state index >= 15 is 0 Å². The molecule has 0 saturated heterocycles. The number of benzene rings is 1. The van der Waals surface area contributed by atoms with E-state index < -0.39 is 16.7 Å². The summed E-state index contributed by atoms with van der Waals surface area (Å²) in [7, 11) is -1.34. The zero-order valence-electron chi connectivity index (χ0n) is 10.5. The summed E-state index contributed by atoms with van der Waals surface area (Å²) in [6, 6.07) is 7.52. The molecule has 0 aliphatic heterocycles. The molecule has 1 aromatic heterocycles. The summed E-state index contributed by atoms with van der Waals surface area (Å²) in [4.78, 5) is 19.3. The van der Waals surface area contributed by atoms with Gasteiger partial charge in [0.05, 0.1) is 10.8 Å². The Bertz CT molecular complexity index is 693. The van der Waals surface area contributed by atoms with E-state index in [-0.39, 0.29) is 16.5 Å². The van der Waals surface area contributed by atoms with Crippen molar-refractivity contribution >= 4 is 50.8 Å². The van der Waals surface area contributed by atoms with Crippen molar-refractivity contribution in [1.82, 2.24) is 9.97 Å². The summed E-state index contributed by atoms with van der Waals surface area (Å²) in [5, 5.41) is 3.14. The van der Waals surface area contributed by atoms with E-state index in [0.717, 1.165) is 9.26 Å². The molecule has 3 N–H and O–H groups in total. The molecule has 20 heavy (non-hydrogen) atoms. The van der Waals surface area contributed by atoms with E-state index in [0.29, 0.717) is 0 Å². The fourth-order valence-corrected chi connectivity index (χ4v) is 2.45. The van der Waals surface area contributed by atoms with E-state index in [1.165, 1.54) is 12.5 Å². The summed E-state index contributed by atoms with van der Waals surface area (Å²) >= 11 is 2.17. The number of rotatable bonds is 4. The van der Waals surface area contributed by atoms with Crippen molar-refractivity contribution in [1.29, 1.82) is 0 Å². The monoisotopic (exact) mass is 402 g/mol. The number of nitrogens with zero attached hydrogens (tertiary/aromatic N) is 2. The molecule has 0 bridgehead atoms. The van der Waals surface area contributed by atoms with Crippen LogP contribution in [0.3, 0.4) is 0 Å². The van der Waals surface area contributed by atoms with Crippen LogP contribution in [-0.2, 0) is 10.8 Å². The SMILES string of the molecule is CS(=O)c1ncc(C(N)=O)c(Nc2cccc(I)c2)n1. The summed E-state index contributed by atoms with van der Waals surface area (Å²) in [5.74, 6) is -0.397. The van der Waals surface area contributed by atoms with Crippen LogP contribution < -0.4 is 11.1 Å². The van der Waals surface area contributed by atoms with Gasteiger partial charge in [-0.3, -0.25) is 9.00 Å². The smallest absolute Gasteiger partial charge is 0.254 e. The highest BCUT2D eigenvalue weighted by Gasteiger charge is 2.14. The molecular formula is C12H11IN4O2S. The van der Waals surface area contributed by atoms with Gasteiger partial charge in [0.25, 0.3) is 5.91 Å². The molecule has 0 aliphatic rings. The van der Waals surface area contributed by atoms with Crippen molar-refractivity contribution in [2.24, 2.45) is 5.73 Å². The van der Waals surface area contributed by atoms with Crippen LogP contribution in [0.15, 0.2) is 35.6 Å². The molecule has 0 spiro atoms. The van der Waals surface area contributed by atoms with Crippen LogP contribution in [0.1, 0.15) is 10.4 Å². The summed E-state index contributed by atoms with van der Waals surface area (Å²) < 4.78 is 12.5. The fraction of sp³-hybridized carbons (Fsp3) is 0.0833. The number of nitrogens with two attached hydrogens (primary N) is 1. The Morgan fingerprint density at radius 3 is 2.80 bits per heavy atom. The number of halogens is 1. The lowest BCUT2D eigenvalue weighted by Crippen LogP contribution is -2.16. The lowest BCUT2D eigenvalue weighted by molar-refractivity contribution is 0.100. The molecule has 1 aromatic carbocycles. The largest absolute Gasteiger partial charge is 0.365 e. The molecule has 0 radical (unpaired) electrons. The highest BCUT2D eigenvalue weighted by atomic mass is 127. The van der Waals surface area contributed by atoms with Gasteiger partial charge in [-0.2, -0.15) is 0 Å². The Morgan fingerprint density at radius 2 is 2.20 bits per heavy atom. The van der Waals surface area contributed by atoms with Crippen LogP contribution in [0, 0.1) is 3.57 Å². The Balaban J connectivity index is 2.44. The van der Waals surface area contributed by atoms with Crippen molar-refractivity contribution in [3.8, 4) is 0 Å². The minimum absolute atomic E-state index is 0.142. The standard InChI is InChI=1S/C12H11IN4O2S/c1-20(19)12-15-6-9(10(14)18)11(17-12)16-8-4-2-3-7(13)5-8/h2-6H,1H3,(H2,14,18)(H,15,16,17). The molecule has 1 unspecified atom stereocenters. The molecule has 6 nitrogen and oxygen atoms in total. The van der Waals surface area contributed by atoms with E-state index in [2.05, 4.69) is 37.9 Å². The van der Waals surface area contributed by atoms with Gasteiger partial charge < -0.3 is 11.1 Å². The molecule has 1 heterocycles. The first kappa shape index (κ1) is 14.9. The molecule has 2 rings (SSSR count). The number of hydrogen-bond donors (Lipinski definition) is 2. The minimum atomic E-state index is -1.34. The molecule has 0 fully saturated rings. The van der Waals surface area contributed by atoms with Gasteiger partial charge in [-0.05, 0) is 40.8 Å². The van der Waals surface area contributed by atoms with Crippen LogP contribution in [-0.4, -0.2) is 26.3 Å². The number of amides is 1. The molecule has 0 saturated carbocycles. The highest BCUT2D eigenvalue weighted by Crippen LogP contribution is 2.20. The number of aromatic nitrogens is 2. The van der Waals surface area contributed by atoms with Gasteiger partial charge in [0, 0.05) is 21.7 Å². The predicted molar refractivity (Wildman–Crippen MR) is 85.3 cm³/mol. The number of hydrogen-bond acceptors (Lipinski definition) is 5. The van der Waals surface area contributed by atoms with Crippen molar-refractivity contribution in [3.63, 3.8) is 0 Å². The van der Waals surface area contributed by atoms with Crippen molar-refractivity contribution in [2.75, 3.05) is 11.6 Å². The third-order valence-corrected chi connectivity index (χ3v) is 3.76. The number of anilines is 2. The number of carbonyl (C=O) groups is 1. The highest BCUT2D eigenvalue weighted by molar-refractivity contribution is 14.1. The zero-order valence-corrected chi connectivity index (χ0v) is 13.4. The van der Waals surface area contributed by atoms with Crippen molar-refractivity contribution in [3.05, 3.63) is 39.6 Å². The van der Waals surface area contributed by atoms with Gasteiger partial charge in [-0.25, -0.2) is 9.97 Å². The summed E-state index contributed by atoms with van der Waals surface area (Å²) in [6.07, 6.45) is 2.75. The normalized spacial score (nSPS) is 11.9. The molecule has 0 aliphatic carbocycles. The number of primary amides is 1. The van der Waals surface area contributed by atoms with Gasteiger partial charge in [-0.1, -0.05) is 6.07 Å².